The molecule has 0 aliphatic heterocycles. The van der Waals surface area contributed by atoms with Crippen LogP contribution in [0.1, 0.15) is 11.1 Å². The van der Waals surface area contributed by atoms with Crippen LogP contribution >= 0.6 is 0 Å². The normalized spacial score (nSPS) is 10.5. The third-order valence-electron chi connectivity index (χ3n) is 2.80. The fourth-order valence-corrected chi connectivity index (χ4v) is 1.84. The fraction of sp³-hybridized carbons (Fsp3) is 0.0769. The van der Waals surface area contributed by atoms with Crippen LogP contribution in [0, 0.1) is 11.3 Å². The molecule has 0 aliphatic carbocycles. The average Bonchev–Trinajstić information content (AvgIpc) is 2.77. The van der Waals surface area contributed by atoms with E-state index in [1.807, 2.05) is 12.1 Å². The lowest BCUT2D eigenvalue weighted by atomic mass is 10.1. The van der Waals surface area contributed by atoms with Gasteiger partial charge in [0.2, 0.25) is 0 Å². The zero-order chi connectivity index (χ0) is 13.2. The summed E-state index contributed by atoms with van der Waals surface area (Å²) in [6, 6.07) is 9.12. The monoisotopic (exact) mass is 251 g/mol. The lowest BCUT2D eigenvalue weighted by Crippen LogP contribution is -2.21. The van der Waals surface area contributed by atoms with Crippen LogP contribution in [0.3, 0.4) is 0 Å². The van der Waals surface area contributed by atoms with Crippen molar-refractivity contribution in [2.45, 2.75) is 6.54 Å². The van der Waals surface area contributed by atoms with Crippen LogP contribution in [0.25, 0.3) is 5.65 Å². The number of benzene rings is 1. The SMILES string of the molecule is N#Cc1ccc(Cn2nc3cnccn3c2=O)cc1. The Bertz CT molecular complexity index is 823. The number of fused-ring (bicyclic) bond motifs is 1. The molecule has 3 aromatic rings. The highest BCUT2D eigenvalue weighted by Crippen LogP contribution is 2.04. The van der Waals surface area contributed by atoms with Crippen molar-refractivity contribution >= 4 is 5.65 Å². The van der Waals surface area contributed by atoms with Crippen LogP contribution in [0.2, 0.25) is 0 Å². The Morgan fingerprint density at radius 3 is 2.74 bits per heavy atom. The summed E-state index contributed by atoms with van der Waals surface area (Å²) in [5.74, 6) is 0. The summed E-state index contributed by atoms with van der Waals surface area (Å²) >= 11 is 0. The highest BCUT2D eigenvalue weighted by molar-refractivity contribution is 5.33. The minimum atomic E-state index is -0.207. The second kappa shape index (κ2) is 4.38. The second-order valence-corrected chi connectivity index (χ2v) is 4.05. The van der Waals surface area contributed by atoms with Gasteiger partial charge in [0.25, 0.3) is 0 Å². The molecule has 0 atom stereocenters. The van der Waals surface area contributed by atoms with E-state index in [1.165, 1.54) is 15.3 Å². The summed E-state index contributed by atoms with van der Waals surface area (Å²) in [7, 11) is 0. The van der Waals surface area contributed by atoms with Crippen LogP contribution < -0.4 is 5.69 Å². The molecule has 19 heavy (non-hydrogen) atoms. The maximum atomic E-state index is 12.0. The highest BCUT2D eigenvalue weighted by Gasteiger charge is 2.06. The smallest absolute Gasteiger partial charge is 0.259 e. The second-order valence-electron chi connectivity index (χ2n) is 4.05. The number of nitrogens with zero attached hydrogens (tertiary/aromatic N) is 5. The van der Waals surface area contributed by atoms with Crippen molar-refractivity contribution in [3.05, 3.63) is 64.5 Å². The molecule has 0 bridgehead atoms. The van der Waals surface area contributed by atoms with E-state index in [-0.39, 0.29) is 5.69 Å². The van der Waals surface area contributed by atoms with Gasteiger partial charge in [-0.05, 0) is 17.7 Å². The van der Waals surface area contributed by atoms with Gasteiger partial charge in [-0.2, -0.15) is 5.26 Å². The van der Waals surface area contributed by atoms with E-state index in [2.05, 4.69) is 16.2 Å². The van der Waals surface area contributed by atoms with Gasteiger partial charge in [-0.15, -0.1) is 5.10 Å². The molecule has 0 unspecified atom stereocenters. The minimum Gasteiger partial charge on any atom is -0.259 e. The third kappa shape index (κ3) is 1.98. The first-order valence-corrected chi connectivity index (χ1v) is 5.66. The first kappa shape index (κ1) is 11.2. The van der Waals surface area contributed by atoms with E-state index in [9.17, 15) is 4.79 Å². The van der Waals surface area contributed by atoms with Gasteiger partial charge >= 0.3 is 5.69 Å². The van der Waals surface area contributed by atoms with Crippen LogP contribution in [0.15, 0.2) is 47.7 Å². The molecular weight excluding hydrogens is 242 g/mol. The average molecular weight is 251 g/mol. The third-order valence-corrected chi connectivity index (χ3v) is 2.80. The molecule has 0 saturated heterocycles. The molecule has 0 spiro atoms. The molecule has 0 saturated carbocycles. The zero-order valence-electron chi connectivity index (χ0n) is 9.89. The Morgan fingerprint density at radius 2 is 2.05 bits per heavy atom. The van der Waals surface area contributed by atoms with Gasteiger partial charge in [-0.3, -0.25) is 4.98 Å². The van der Waals surface area contributed by atoms with Gasteiger partial charge in [0.1, 0.15) is 0 Å². The van der Waals surface area contributed by atoms with Crippen LogP contribution in [-0.2, 0) is 6.54 Å². The summed E-state index contributed by atoms with van der Waals surface area (Å²) < 4.78 is 2.81. The number of aromatic nitrogens is 4. The van der Waals surface area contributed by atoms with Crippen molar-refractivity contribution in [1.82, 2.24) is 19.2 Å². The maximum Gasteiger partial charge on any atom is 0.350 e. The highest BCUT2D eigenvalue weighted by atomic mass is 16.2. The standard InChI is InChI=1S/C13H9N5O/c14-7-10-1-3-11(4-2-10)9-18-13(19)17-6-5-15-8-12(17)16-18/h1-6,8H,9H2. The Balaban J connectivity index is 1.99. The molecule has 0 radical (unpaired) electrons. The molecule has 0 aliphatic rings. The molecule has 2 heterocycles. The molecule has 6 nitrogen and oxygen atoms in total. The number of hydrogen-bond acceptors (Lipinski definition) is 4. The number of rotatable bonds is 2. The Labute approximate surface area is 108 Å². The quantitative estimate of drug-likeness (QED) is 0.675. The molecule has 1 aromatic carbocycles. The van der Waals surface area contributed by atoms with E-state index < -0.39 is 0 Å². The molecule has 92 valence electrons. The van der Waals surface area contributed by atoms with E-state index in [1.54, 1.807) is 24.5 Å². The van der Waals surface area contributed by atoms with E-state index >= 15 is 0 Å². The predicted molar refractivity (Wildman–Crippen MR) is 67.5 cm³/mol. The van der Waals surface area contributed by atoms with E-state index in [0.717, 1.165) is 5.56 Å². The summed E-state index contributed by atoms with van der Waals surface area (Å²) in [4.78, 5) is 16.0. The molecule has 0 fully saturated rings. The first-order chi connectivity index (χ1) is 9.28. The van der Waals surface area contributed by atoms with Gasteiger partial charge in [0, 0.05) is 12.4 Å². The zero-order valence-corrected chi connectivity index (χ0v) is 9.89. The van der Waals surface area contributed by atoms with Crippen LogP contribution in [0.4, 0.5) is 0 Å². The number of nitriles is 1. The lowest BCUT2D eigenvalue weighted by molar-refractivity contribution is 0.658. The maximum absolute atomic E-state index is 12.0. The summed E-state index contributed by atoms with van der Waals surface area (Å²) in [6.07, 6.45) is 4.67. The van der Waals surface area contributed by atoms with Crippen LogP contribution in [0.5, 0.6) is 0 Å². The topological polar surface area (TPSA) is 76.0 Å². The summed E-state index contributed by atoms with van der Waals surface area (Å²) in [6.45, 7) is 0.367. The van der Waals surface area contributed by atoms with Crippen molar-refractivity contribution in [3.8, 4) is 6.07 Å². The van der Waals surface area contributed by atoms with Crippen molar-refractivity contribution in [2.24, 2.45) is 0 Å². The lowest BCUT2D eigenvalue weighted by Gasteiger charge is -1.99. The van der Waals surface area contributed by atoms with Crippen molar-refractivity contribution in [1.29, 1.82) is 5.26 Å². The molecule has 0 amide bonds. The van der Waals surface area contributed by atoms with Crippen molar-refractivity contribution < 1.29 is 0 Å². The van der Waals surface area contributed by atoms with Crippen LogP contribution in [-0.4, -0.2) is 19.2 Å². The molecule has 3 rings (SSSR count). The summed E-state index contributed by atoms with van der Waals surface area (Å²) in [5.41, 5.74) is 1.82. The van der Waals surface area contributed by atoms with E-state index in [0.29, 0.717) is 17.8 Å². The molecule has 0 N–H and O–H groups in total. The van der Waals surface area contributed by atoms with Gasteiger partial charge in [-0.25, -0.2) is 13.9 Å². The largest absolute Gasteiger partial charge is 0.350 e. The van der Waals surface area contributed by atoms with Gasteiger partial charge in [-0.1, -0.05) is 12.1 Å². The fourth-order valence-electron chi connectivity index (χ4n) is 1.84. The Kier molecular flexibility index (Phi) is 2.58. The number of hydrogen-bond donors (Lipinski definition) is 0. The van der Waals surface area contributed by atoms with Crippen molar-refractivity contribution in [2.75, 3.05) is 0 Å². The predicted octanol–water partition coefficient (Wildman–Crippen LogP) is 0.811. The minimum absolute atomic E-state index is 0.207. The Morgan fingerprint density at radius 1 is 1.26 bits per heavy atom. The summed E-state index contributed by atoms with van der Waals surface area (Å²) in [5, 5.41) is 12.9. The first-order valence-electron chi connectivity index (χ1n) is 5.66. The van der Waals surface area contributed by atoms with Gasteiger partial charge in [0.05, 0.1) is 24.4 Å². The van der Waals surface area contributed by atoms with E-state index in [4.69, 9.17) is 5.26 Å². The van der Waals surface area contributed by atoms with Crippen molar-refractivity contribution in [3.63, 3.8) is 0 Å². The Hall–Kier alpha value is -2.94. The van der Waals surface area contributed by atoms with Gasteiger partial charge in [0.15, 0.2) is 5.65 Å². The molecule has 2 aromatic heterocycles. The van der Waals surface area contributed by atoms with Gasteiger partial charge < -0.3 is 0 Å². The molecule has 6 heteroatoms. The molecular formula is C13H9N5O.